The lowest BCUT2D eigenvalue weighted by Gasteiger charge is -2.23. The van der Waals surface area contributed by atoms with Gasteiger partial charge < -0.3 is 14.6 Å². The highest BCUT2D eigenvalue weighted by Crippen LogP contribution is 2.35. The number of ether oxygens (including phenoxy) is 2. The van der Waals surface area contributed by atoms with Crippen molar-refractivity contribution >= 4 is 17.3 Å². The van der Waals surface area contributed by atoms with Crippen molar-refractivity contribution in [3.05, 3.63) is 68.3 Å². The monoisotopic (exact) mass is 390 g/mol. The van der Waals surface area contributed by atoms with E-state index in [0.717, 1.165) is 18.2 Å². The minimum atomic E-state index is -1.47. The van der Waals surface area contributed by atoms with Crippen LogP contribution in [0.5, 0.6) is 11.5 Å². The summed E-state index contributed by atoms with van der Waals surface area (Å²) in [6, 6.07) is 8.98. The van der Waals surface area contributed by atoms with Gasteiger partial charge in [-0.25, -0.2) is 0 Å². The Labute approximate surface area is 159 Å². The van der Waals surface area contributed by atoms with Gasteiger partial charge in [0.2, 0.25) is 5.75 Å². The Morgan fingerprint density at radius 3 is 2.29 bits per heavy atom. The molecule has 0 aliphatic rings. The molecule has 0 aromatic heterocycles. The Balaban J connectivity index is 2.22. The molecule has 1 atom stereocenters. The molecule has 148 valence electrons. The Morgan fingerprint density at radius 2 is 1.75 bits per heavy atom. The van der Waals surface area contributed by atoms with E-state index in [1.54, 1.807) is 6.92 Å². The first kappa shape index (κ1) is 20.8. The third kappa shape index (κ3) is 5.01. The van der Waals surface area contributed by atoms with Crippen LogP contribution >= 0.6 is 0 Å². The van der Waals surface area contributed by atoms with Crippen molar-refractivity contribution in [1.82, 2.24) is 0 Å². The van der Waals surface area contributed by atoms with Crippen molar-refractivity contribution in [2.75, 3.05) is 6.61 Å². The number of esters is 1. The van der Waals surface area contributed by atoms with Gasteiger partial charge in [0.05, 0.1) is 34.5 Å². The second-order valence-corrected chi connectivity index (χ2v) is 6.05. The molecule has 0 aliphatic carbocycles. The molecule has 2 aromatic carbocycles. The number of non-ortho nitro benzene ring substituents is 1. The minimum Gasteiger partial charge on any atom is -0.466 e. The molecule has 0 heterocycles. The van der Waals surface area contributed by atoms with Crippen LogP contribution in [0.3, 0.4) is 0 Å². The lowest BCUT2D eigenvalue weighted by atomic mass is 9.92. The molecule has 0 radical (unpaired) electrons. The van der Waals surface area contributed by atoms with E-state index in [-0.39, 0.29) is 24.5 Å². The Hall–Kier alpha value is -3.53. The van der Waals surface area contributed by atoms with Gasteiger partial charge in [-0.3, -0.25) is 25.0 Å². The number of rotatable bonds is 8. The zero-order valence-corrected chi connectivity index (χ0v) is 15.2. The number of nitro benzene ring substituents is 2. The van der Waals surface area contributed by atoms with E-state index < -0.39 is 32.8 Å². The summed E-state index contributed by atoms with van der Waals surface area (Å²) in [7, 11) is 0. The van der Waals surface area contributed by atoms with Gasteiger partial charge in [0, 0.05) is 6.07 Å². The molecule has 0 saturated carbocycles. The van der Waals surface area contributed by atoms with E-state index in [1.165, 1.54) is 31.2 Å². The Morgan fingerprint density at radius 1 is 1.11 bits per heavy atom. The molecule has 2 aromatic rings. The maximum absolute atomic E-state index is 11.6. The highest BCUT2D eigenvalue weighted by Gasteiger charge is 2.28. The number of nitrogens with zero attached hydrogens (tertiary/aromatic N) is 2. The highest BCUT2D eigenvalue weighted by atomic mass is 16.6. The molecule has 0 bridgehead atoms. The van der Waals surface area contributed by atoms with Gasteiger partial charge in [0.15, 0.2) is 0 Å². The highest BCUT2D eigenvalue weighted by molar-refractivity contribution is 5.71. The van der Waals surface area contributed by atoms with Crippen LogP contribution in [0.15, 0.2) is 42.5 Å². The number of nitro groups is 2. The zero-order chi connectivity index (χ0) is 20.9. The summed E-state index contributed by atoms with van der Waals surface area (Å²) in [5.74, 6) is -0.497. The molecular formula is C18H18N2O8. The van der Waals surface area contributed by atoms with Crippen molar-refractivity contribution in [2.24, 2.45) is 0 Å². The van der Waals surface area contributed by atoms with Crippen LogP contribution in [0.25, 0.3) is 0 Å². The first-order chi connectivity index (χ1) is 13.1. The molecule has 0 aliphatic heterocycles. The smallest absolute Gasteiger partial charge is 0.318 e. The molecule has 0 spiro atoms. The normalized spacial score (nSPS) is 12.7. The van der Waals surface area contributed by atoms with E-state index in [9.17, 15) is 30.1 Å². The molecule has 10 nitrogen and oxygen atoms in total. The summed E-state index contributed by atoms with van der Waals surface area (Å²) in [6.45, 7) is 3.33. The van der Waals surface area contributed by atoms with E-state index in [2.05, 4.69) is 0 Å². The fourth-order valence-corrected chi connectivity index (χ4v) is 2.45. The van der Waals surface area contributed by atoms with Crippen molar-refractivity contribution in [3.63, 3.8) is 0 Å². The van der Waals surface area contributed by atoms with E-state index in [1.807, 2.05) is 0 Å². The minimum absolute atomic E-state index is 0.165. The van der Waals surface area contributed by atoms with Crippen molar-refractivity contribution in [3.8, 4) is 11.5 Å². The van der Waals surface area contributed by atoms with Crippen LogP contribution in [0, 0.1) is 20.2 Å². The van der Waals surface area contributed by atoms with Crippen LogP contribution in [0.4, 0.5) is 11.4 Å². The lowest BCUT2D eigenvalue weighted by Crippen LogP contribution is -2.26. The van der Waals surface area contributed by atoms with Gasteiger partial charge in [0.25, 0.3) is 5.69 Å². The average Bonchev–Trinajstić information content (AvgIpc) is 2.61. The van der Waals surface area contributed by atoms with Gasteiger partial charge in [-0.1, -0.05) is 12.1 Å². The number of hydrogen-bond donors (Lipinski definition) is 1. The Kier molecular flexibility index (Phi) is 6.26. The van der Waals surface area contributed by atoms with Gasteiger partial charge in [-0.15, -0.1) is 0 Å². The lowest BCUT2D eigenvalue weighted by molar-refractivity contribution is -0.394. The summed E-state index contributed by atoms with van der Waals surface area (Å²) in [4.78, 5) is 32.0. The standard InChI is InChI=1S/C18H18N2O8/c1-3-27-17(21)11-18(2,22)12-4-7-14(8-5-12)28-16-9-6-13(19(23)24)10-15(16)20(25)26/h4-10,22H,3,11H2,1-2H3. The first-order valence-electron chi connectivity index (χ1n) is 8.23. The van der Waals surface area contributed by atoms with E-state index >= 15 is 0 Å². The summed E-state index contributed by atoms with van der Waals surface area (Å²) in [5, 5.41) is 32.4. The van der Waals surface area contributed by atoms with Crippen molar-refractivity contribution in [2.45, 2.75) is 25.9 Å². The molecule has 1 unspecified atom stereocenters. The third-order valence-corrected chi connectivity index (χ3v) is 3.85. The number of carbonyl (C=O) groups excluding carboxylic acids is 1. The fraction of sp³-hybridized carbons (Fsp3) is 0.278. The van der Waals surface area contributed by atoms with Crippen LogP contribution in [-0.2, 0) is 15.1 Å². The molecular weight excluding hydrogens is 372 g/mol. The SMILES string of the molecule is CCOC(=O)CC(C)(O)c1ccc(Oc2ccc([N+](=O)[O-])cc2[N+](=O)[O-])cc1. The molecule has 0 saturated heterocycles. The number of hydrogen-bond acceptors (Lipinski definition) is 8. The van der Waals surface area contributed by atoms with Crippen LogP contribution in [0.2, 0.25) is 0 Å². The summed E-state index contributed by atoms with van der Waals surface area (Å²) < 4.78 is 10.3. The Bertz CT molecular complexity index is 893. The summed E-state index contributed by atoms with van der Waals surface area (Å²) in [5.41, 5.74) is -2.02. The topological polar surface area (TPSA) is 142 Å². The molecule has 0 amide bonds. The fourth-order valence-electron chi connectivity index (χ4n) is 2.45. The quantitative estimate of drug-likeness (QED) is 0.410. The number of carbonyl (C=O) groups is 1. The average molecular weight is 390 g/mol. The van der Waals surface area contributed by atoms with Gasteiger partial charge in [-0.05, 0) is 37.6 Å². The number of aliphatic hydroxyl groups is 1. The van der Waals surface area contributed by atoms with Gasteiger partial charge in [-0.2, -0.15) is 0 Å². The van der Waals surface area contributed by atoms with E-state index in [4.69, 9.17) is 9.47 Å². The van der Waals surface area contributed by atoms with Crippen LogP contribution in [-0.4, -0.2) is 27.5 Å². The molecule has 28 heavy (non-hydrogen) atoms. The largest absolute Gasteiger partial charge is 0.466 e. The van der Waals surface area contributed by atoms with Crippen LogP contribution < -0.4 is 4.74 Å². The molecule has 2 rings (SSSR count). The summed E-state index contributed by atoms with van der Waals surface area (Å²) in [6.07, 6.45) is -0.241. The predicted molar refractivity (Wildman–Crippen MR) is 97.1 cm³/mol. The van der Waals surface area contributed by atoms with E-state index in [0.29, 0.717) is 5.56 Å². The maximum atomic E-state index is 11.6. The van der Waals surface area contributed by atoms with Crippen molar-refractivity contribution < 1.29 is 29.2 Å². The zero-order valence-electron chi connectivity index (χ0n) is 15.2. The third-order valence-electron chi connectivity index (χ3n) is 3.85. The predicted octanol–water partition coefficient (Wildman–Crippen LogP) is 3.46. The number of benzene rings is 2. The maximum Gasteiger partial charge on any atom is 0.318 e. The summed E-state index contributed by atoms with van der Waals surface area (Å²) >= 11 is 0. The van der Waals surface area contributed by atoms with Crippen LogP contribution in [0.1, 0.15) is 25.8 Å². The second-order valence-electron chi connectivity index (χ2n) is 6.05. The molecule has 0 fully saturated rings. The van der Waals surface area contributed by atoms with Gasteiger partial charge >= 0.3 is 11.7 Å². The van der Waals surface area contributed by atoms with Crippen molar-refractivity contribution in [1.29, 1.82) is 0 Å². The van der Waals surface area contributed by atoms with Gasteiger partial charge in [0.1, 0.15) is 5.75 Å². The molecule has 1 N–H and O–H groups in total. The second kappa shape index (κ2) is 8.44. The first-order valence-corrected chi connectivity index (χ1v) is 8.23. The molecule has 10 heteroatoms.